The Bertz CT molecular complexity index is 391. The third-order valence-corrected chi connectivity index (χ3v) is 4.59. The van der Waals surface area contributed by atoms with Crippen molar-refractivity contribution in [2.24, 2.45) is 5.84 Å². The minimum atomic E-state index is 0.0152. The van der Waals surface area contributed by atoms with Crippen molar-refractivity contribution in [1.29, 1.82) is 0 Å². The third-order valence-electron chi connectivity index (χ3n) is 4.25. The number of nitrogens with two attached hydrogens (primary N) is 1. The lowest BCUT2D eigenvalue weighted by Crippen LogP contribution is -2.61. The normalized spacial score (nSPS) is 13.8. The van der Waals surface area contributed by atoms with E-state index in [4.69, 9.17) is 17.4 Å². The fourth-order valence-corrected chi connectivity index (χ4v) is 3.08. The largest absolute Gasteiger partial charge is 0.302 e. The average Bonchev–Trinajstić information content (AvgIpc) is 2.41. The zero-order valence-electron chi connectivity index (χ0n) is 12.3. The molecule has 1 aromatic rings. The van der Waals surface area contributed by atoms with Crippen LogP contribution in [0.1, 0.15) is 32.3 Å². The molecule has 0 spiro atoms. The maximum absolute atomic E-state index is 6.20. The van der Waals surface area contributed by atoms with Gasteiger partial charge < -0.3 is 4.90 Å². The summed E-state index contributed by atoms with van der Waals surface area (Å²) in [6.07, 6.45) is 6.28. The molecule has 1 heterocycles. The molecule has 1 aromatic heterocycles. The molecule has 4 nitrogen and oxygen atoms in total. The number of hydrogen-bond donors (Lipinski definition) is 2. The molecule has 19 heavy (non-hydrogen) atoms. The van der Waals surface area contributed by atoms with Crippen LogP contribution in [0.25, 0.3) is 0 Å². The third kappa shape index (κ3) is 3.45. The molecule has 0 amide bonds. The molecular weight excluding hydrogens is 260 g/mol. The monoisotopic (exact) mass is 284 g/mol. The summed E-state index contributed by atoms with van der Waals surface area (Å²) in [4.78, 5) is 6.28. The molecule has 3 N–H and O–H groups in total. The molecule has 108 valence electrons. The second-order valence-corrected chi connectivity index (χ2v) is 5.50. The van der Waals surface area contributed by atoms with Crippen molar-refractivity contribution in [2.75, 3.05) is 14.1 Å². The average molecular weight is 285 g/mol. The molecule has 0 radical (unpaired) electrons. The van der Waals surface area contributed by atoms with Gasteiger partial charge in [0.25, 0.3) is 0 Å². The number of aromatic nitrogens is 1. The van der Waals surface area contributed by atoms with Crippen LogP contribution in [0.4, 0.5) is 0 Å². The van der Waals surface area contributed by atoms with Gasteiger partial charge in [-0.2, -0.15) is 0 Å². The molecule has 0 aliphatic heterocycles. The Kier molecular flexibility index (Phi) is 6.20. The van der Waals surface area contributed by atoms with Gasteiger partial charge in [0.15, 0.2) is 0 Å². The molecule has 5 heteroatoms. The smallest absolute Gasteiger partial charge is 0.0621 e. The van der Waals surface area contributed by atoms with E-state index in [1.54, 1.807) is 12.4 Å². The molecule has 1 rings (SSSR count). The zero-order chi connectivity index (χ0) is 14.5. The van der Waals surface area contributed by atoms with Gasteiger partial charge >= 0.3 is 0 Å². The lowest BCUT2D eigenvalue weighted by molar-refractivity contribution is 0.0882. The minimum Gasteiger partial charge on any atom is -0.302 e. The molecule has 0 saturated heterocycles. The molecule has 0 aliphatic carbocycles. The van der Waals surface area contributed by atoms with Crippen LogP contribution in [0.3, 0.4) is 0 Å². The number of nitrogens with one attached hydrogen (secondary N) is 1. The van der Waals surface area contributed by atoms with Crippen molar-refractivity contribution >= 4 is 11.6 Å². The summed E-state index contributed by atoms with van der Waals surface area (Å²) in [6.45, 7) is 4.39. The maximum Gasteiger partial charge on any atom is 0.0621 e. The number of nitrogens with zero attached hydrogens (tertiary/aromatic N) is 2. The summed E-state index contributed by atoms with van der Waals surface area (Å²) in [5.41, 5.74) is 4.07. The van der Waals surface area contributed by atoms with Gasteiger partial charge in [-0.3, -0.25) is 16.3 Å². The first kappa shape index (κ1) is 16.4. The van der Waals surface area contributed by atoms with Crippen molar-refractivity contribution in [3.8, 4) is 0 Å². The highest BCUT2D eigenvalue weighted by Crippen LogP contribution is 2.29. The fourth-order valence-electron chi connectivity index (χ4n) is 2.88. The molecular formula is C14H25ClN4. The molecule has 1 atom stereocenters. The highest BCUT2D eigenvalue weighted by atomic mass is 35.5. The van der Waals surface area contributed by atoms with Gasteiger partial charge in [0.2, 0.25) is 0 Å². The van der Waals surface area contributed by atoms with Crippen LogP contribution in [0, 0.1) is 0 Å². The number of likely N-dealkylation sites (N-methyl/N-ethyl adjacent to an activating group) is 1. The van der Waals surface area contributed by atoms with Gasteiger partial charge in [0, 0.05) is 24.0 Å². The van der Waals surface area contributed by atoms with Crippen LogP contribution in [0.5, 0.6) is 0 Å². The maximum atomic E-state index is 6.20. The van der Waals surface area contributed by atoms with E-state index in [1.165, 1.54) is 0 Å². The standard InChI is InChI=1S/C14H25ClN4/c1-5-14(6-2,19(3)4)13(18-16)9-11-7-8-17-10-12(11)15/h7-8,10,13,18H,5-6,9,16H2,1-4H3. The summed E-state index contributed by atoms with van der Waals surface area (Å²) >= 11 is 6.20. The van der Waals surface area contributed by atoms with Crippen molar-refractivity contribution in [1.82, 2.24) is 15.3 Å². The van der Waals surface area contributed by atoms with Crippen LogP contribution in [-0.4, -0.2) is 35.6 Å². The molecule has 0 bridgehead atoms. The van der Waals surface area contributed by atoms with Crippen LogP contribution >= 0.6 is 11.6 Å². The second-order valence-electron chi connectivity index (χ2n) is 5.10. The van der Waals surface area contributed by atoms with E-state index in [2.05, 4.69) is 43.3 Å². The summed E-state index contributed by atoms with van der Waals surface area (Å²) in [5.74, 6) is 5.81. The highest BCUT2D eigenvalue weighted by Gasteiger charge is 2.37. The Morgan fingerprint density at radius 2 is 2.05 bits per heavy atom. The Labute approximate surface area is 121 Å². The van der Waals surface area contributed by atoms with Crippen LogP contribution in [-0.2, 0) is 6.42 Å². The fraction of sp³-hybridized carbons (Fsp3) is 0.643. The van der Waals surface area contributed by atoms with E-state index in [9.17, 15) is 0 Å². The summed E-state index contributed by atoms with van der Waals surface area (Å²) in [7, 11) is 4.21. The topological polar surface area (TPSA) is 54.2 Å². The predicted molar refractivity (Wildman–Crippen MR) is 81.1 cm³/mol. The Morgan fingerprint density at radius 3 is 2.47 bits per heavy atom. The van der Waals surface area contributed by atoms with E-state index in [0.29, 0.717) is 5.02 Å². The Balaban J connectivity index is 3.02. The van der Waals surface area contributed by atoms with Crippen molar-refractivity contribution in [2.45, 2.75) is 44.7 Å². The zero-order valence-corrected chi connectivity index (χ0v) is 13.0. The van der Waals surface area contributed by atoms with Gasteiger partial charge in [-0.1, -0.05) is 25.4 Å². The van der Waals surface area contributed by atoms with E-state index in [-0.39, 0.29) is 11.6 Å². The second kappa shape index (κ2) is 7.20. The summed E-state index contributed by atoms with van der Waals surface area (Å²) < 4.78 is 0. The summed E-state index contributed by atoms with van der Waals surface area (Å²) in [5, 5.41) is 0.697. The van der Waals surface area contributed by atoms with E-state index in [0.717, 1.165) is 24.8 Å². The molecule has 0 aromatic carbocycles. The minimum absolute atomic E-state index is 0.0152. The van der Waals surface area contributed by atoms with Crippen molar-refractivity contribution in [3.05, 3.63) is 29.0 Å². The highest BCUT2D eigenvalue weighted by molar-refractivity contribution is 6.31. The first-order valence-electron chi connectivity index (χ1n) is 6.73. The SMILES string of the molecule is CCC(CC)(C(Cc1ccncc1Cl)NN)N(C)C. The van der Waals surface area contributed by atoms with Gasteiger partial charge in [-0.05, 0) is 45.0 Å². The first-order chi connectivity index (χ1) is 9.01. The van der Waals surface area contributed by atoms with Gasteiger partial charge in [0.1, 0.15) is 0 Å². The van der Waals surface area contributed by atoms with Crippen LogP contribution < -0.4 is 11.3 Å². The van der Waals surface area contributed by atoms with E-state index >= 15 is 0 Å². The lowest BCUT2D eigenvalue weighted by Gasteiger charge is -2.45. The number of hydrazine groups is 1. The molecule has 0 aliphatic rings. The lowest BCUT2D eigenvalue weighted by atomic mass is 9.80. The number of hydrogen-bond acceptors (Lipinski definition) is 4. The van der Waals surface area contributed by atoms with Crippen LogP contribution in [0.15, 0.2) is 18.5 Å². The number of rotatable bonds is 7. The van der Waals surface area contributed by atoms with Crippen molar-refractivity contribution in [3.63, 3.8) is 0 Å². The number of halogens is 1. The molecule has 0 saturated carbocycles. The summed E-state index contributed by atoms with van der Waals surface area (Å²) in [6, 6.07) is 2.09. The van der Waals surface area contributed by atoms with Crippen molar-refractivity contribution < 1.29 is 0 Å². The molecule has 1 unspecified atom stereocenters. The van der Waals surface area contributed by atoms with Crippen LogP contribution in [0.2, 0.25) is 5.02 Å². The number of pyridine rings is 1. The van der Waals surface area contributed by atoms with Gasteiger partial charge in [-0.25, -0.2) is 0 Å². The predicted octanol–water partition coefficient (Wildman–Crippen LogP) is 2.23. The first-order valence-corrected chi connectivity index (χ1v) is 7.11. The quantitative estimate of drug-likeness (QED) is 0.596. The van der Waals surface area contributed by atoms with E-state index < -0.39 is 0 Å². The van der Waals surface area contributed by atoms with Gasteiger partial charge in [-0.15, -0.1) is 0 Å². The molecule has 0 fully saturated rings. The van der Waals surface area contributed by atoms with E-state index in [1.807, 2.05) is 6.07 Å². The Hall–Kier alpha value is -0.680. The Morgan fingerprint density at radius 1 is 1.42 bits per heavy atom. The van der Waals surface area contributed by atoms with Gasteiger partial charge in [0.05, 0.1) is 5.02 Å².